The van der Waals surface area contributed by atoms with E-state index in [0.29, 0.717) is 10.2 Å². The van der Waals surface area contributed by atoms with Crippen LogP contribution < -0.4 is 4.74 Å². The SMILES string of the molecule is COc1cc(F)c(Br)cc1C(Br)c1ccc(F)cc1I. The summed E-state index contributed by atoms with van der Waals surface area (Å²) in [5, 5.41) is 0. The van der Waals surface area contributed by atoms with Crippen molar-refractivity contribution in [1.82, 2.24) is 0 Å². The third-order valence-electron chi connectivity index (χ3n) is 2.78. The Morgan fingerprint density at radius 2 is 1.85 bits per heavy atom. The van der Waals surface area contributed by atoms with Gasteiger partial charge in [-0.3, -0.25) is 0 Å². The Morgan fingerprint density at radius 3 is 2.45 bits per heavy atom. The molecule has 0 aliphatic rings. The molecule has 2 aromatic carbocycles. The van der Waals surface area contributed by atoms with E-state index in [1.807, 2.05) is 0 Å². The Labute approximate surface area is 146 Å². The van der Waals surface area contributed by atoms with E-state index in [1.54, 1.807) is 12.1 Å². The molecule has 2 aromatic rings. The Balaban J connectivity index is 2.52. The molecule has 1 unspecified atom stereocenters. The molecule has 0 bridgehead atoms. The van der Waals surface area contributed by atoms with E-state index in [1.165, 1.54) is 25.3 Å². The number of hydrogen-bond acceptors (Lipinski definition) is 1. The Morgan fingerprint density at radius 1 is 1.15 bits per heavy atom. The van der Waals surface area contributed by atoms with Crippen LogP contribution >= 0.6 is 54.5 Å². The Hall–Kier alpha value is -0.210. The van der Waals surface area contributed by atoms with E-state index in [-0.39, 0.29) is 16.5 Å². The van der Waals surface area contributed by atoms with Gasteiger partial charge in [0, 0.05) is 15.2 Å². The average molecular weight is 518 g/mol. The zero-order valence-electron chi connectivity index (χ0n) is 10.3. The van der Waals surface area contributed by atoms with Gasteiger partial charge in [-0.25, -0.2) is 8.78 Å². The highest BCUT2D eigenvalue weighted by Gasteiger charge is 2.20. The molecule has 0 radical (unpaired) electrons. The minimum absolute atomic E-state index is 0.221. The van der Waals surface area contributed by atoms with Crippen molar-refractivity contribution in [3.05, 3.63) is 61.1 Å². The summed E-state index contributed by atoms with van der Waals surface area (Å²) in [6.07, 6.45) is 0. The normalized spacial score (nSPS) is 12.3. The third kappa shape index (κ3) is 3.33. The zero-order chi connectivity index (χ0) is 14.9. The number of rotatable bonds is 3. The van der Waals surface area contributed by atoms with E-state index >= 15 is 0 Å². The largest absolute Gasteiger partial charge is 0.496 e. The lowest BCUT2D eigenvalue weighted by Gasteiger charge is -2.17. The van der Waals surface area contributed by atoms with Crippen LogP contribution in [0.4, 0.5) is 8.78 Å². The van der Waals surface area contributed by atoms with Gasteiger partial charge in [-0.2, -0.15) is 0 Å². The predicted octanol–water partition coefficient (Wildman–Crippen LogP) is 5.82. The van der Waals surface area contributed by atoms with Crippen LogP contribution in [0.25, 0.3) is 0 Å². The molecule has 1 nitrogen and oxygen atoms in total. The fourth-order valence-corrected chi connectivity index (χ4v) is 4.13. The second-order valence-electron chi connectivity index (χ2n) is 4.04. The highest BCUT2D eigenvalue weighted by Crippen LogP contribution is 2.40. The van der Waals surface area contributed by atoms with Crippen LogP contribution in [0.1, 0.15) is 16.0 Å². The quantitative estimate of drug-likeness (QED) is 0.368. The summed E-state index contributed by atoms with van der Waals surface area (Å²) < 4.78 is 33.1. The van der Waals surface area contributed by atoms with Crippen molar-refractivity contribution in [3.63, 3.8) is 0 Å². The molecule has 20 heavy (non-hydrogen) atoms. The Kier molecular flexibility index (Phi) is 5.42. The molecule has 6 heteroatoms. The maximum atomic E-state index is 13.6. The summed E-state index contributed by atoms with van der Waals surface area (Å²) in [7, 11) is 1.49. The van der Waals surface area contributed by atoms with Crippen LogP contribution in [-0.2, 0) is 0 Å². The second kappa shape index (κ2) is 6.70. The first-order chi connectivity index (χ1) is 9.43. The number of ether oxygens (including phenoxy) is 1. The van der Waals surface area contributed by atoms with Gasteiger partial charge in [0.2, 0.25) is 0 Å². The van der Waals surface area contributed by atoms with Crippen molar-refractivity contribution in [2.75, 3.05) is 7.11 Å². The fraction of sp³-hybridized carbons (Fsp3) is 0.143. The van der Waals surface area contributed by atoms with E-state index in [4.69, 9.17) is 4.74 Å². The summed E-state index contributed by atoms with van der Waals surface area (Å²) in [6, 6.07) is 7.54. The number of alkyl halides is 1. The lowest BCUT2D eigenvalue weighted by atomic mass is 10.0. The molecule has 0 heterocycles. The average Bonchev–Trinajstić information content (AvgIpc) is 2.40. The molecule has 0 spiro atoms. The maximum Gasteiger partial charge on any atom is 0.141 e. The van der Waals surface area contributed by atoms with Crippen molar-refractivity contribution in [2.24, 2.45) is 0 Å². The molecule has 0 fully saturated rings. The minimum atomic E-state index is -0.390. The highest BCUT2D eigenvalue weighted by atomic mass is 127. The number of benzene rings is 2. The van der Waals surface area contributed by atoms with Gasteiger partial charge in [0.25, 0.3) is 0 Å². The van der Waals surface area contributed by atoms with Crippen molar-refractivity contribution >= 4 is 54.5 Å². The van der Waals surface area contributed by atoms with Gasteiger partial charge < -0.3 is 4.74 Å². The fourth-order valence-electron chi connectivity index (χ4n) is 1.79. The molecule has 0 aliphatic carbocycles. The van der Waals surface area contributed by atoms with Crippen molar-refractivity contribution in [1.29, 1.82) is 0 Å². The Bertz CT molecular complexity index is 649. The standard InChI is InChI=1S/C14H9Br2F2IO/c1-20-13-6-11(18)10(15)5-9(13)14(16)8-3-2-7(17)4-12(8)19/h2-6,14H,1H3. The molecule has 0 aromatic heterocycles. The number of halogens is 5. The summed E-state index contributed by atoms with van der Waals surface area (Å²) in [5.74, 6) is -0.239. The lowest BCUT2D eigenvalue weighted by Crippen LogP contribution is -2.01. The monoisotopic (exact) mass is 516 g/mol. The van der Waals surface area contributed by atoms with Crippen LogP contribution in [0.15, 0.2) is 34.8 Å². The van der Waals surface area contributed by atoms with Crippen molar-refractivity contribution in [2.45, 2.75) is 4.83 Å². The molecule has 0 N–H and O–H groups in total. The molecular weight excluding hydrogens is 509 g/mol. The van der Waals surface area contributed by atoms with E-state index < -0.39 is 0 Å². The lowest BCUT2D eigenvalue weighted by molar-refractivity contribution is 0.406. The van der Waals surface area contributed by atoms with Crippen molar-refractivity contribution in [3.8, 4) is 5.75 Å². The number of methoxy groups -OCH3 is 1. The van der Waals surface area contributed by atoms with Gasteiger partial charge in [-0.15, -0.1) is 0 Å². The molecule has 1 atom stereocenters. The summed E-state index contributed by atoms with van der Waals surface area (Å²) >= 11 is 8.81. The molecule has 0 saturated heterocycles. The first kappa shape index (κ1) is 16.2. The van der Waals surface area contributed by atoms with E-state index in [2.05, 4.69) is 54.5 Å². The summed E-state index contributed by atoms with van der Waals surface area (Å²) in [5.41, 5.74) is 1.66. The highest BCUT2D eigenvalue weighted by molar-refractivity contribution is 14.1. The van der Waals surface area contributed by atoms with Gasteiger partial charge in [0.1, 0.15) is 17.4 Å². The smallest absolute Gasteiger partial charge is 0.141 e. The topological polar surface area (TPSA) is 9.23 Å². The van der Waals surface area contributed by atoms with Crippen LogP contribution in [0.3, 0.4) is 0 Å². The van der Waals surface area contributed by atoms with E-state index in [0.717, 1.165) is 14.7 Å². The van der Waals surface area contributed by atoms with Gasteiger partial charge in [-0.1, -0.05) is 22.0 Å². The second-order valence-corrected chi connectivity index (χ2v) is 6.97. The van der Waals surface area contributed by atoms with Crippen LogP contribution in [0.5, 0.6) is 5.75 Å². The third-order valence-corrected chi connectivity index (χ3v) is 5.31. The molecule has 0 aliphatic heterocycles. The van der Waals surface area contributed by atoms with Gasteiger partial charge in [0.05, 0.1) is 16.4 Å². The molecule has 0 amide bonds. The predicted molar refractivity (Wildman–Crippen MR) is 90.5 cm³/mol. The van der Waals surface area contributed by atoms with Crippen molar-refractivity contribution < 1.29 is 13.5 Å². The van der Waals surface area contributed by atoms with Gasteiger partial charge in [-0.05, 0) is 62.3 Å². The van der Waals surface area contributed by atoms with Gasteiger partial charge >= 0.3 is 0 Å². The summed E-state index contributed by atoms with van der Waals surface area (Å²) in [4.78, 5) is -0.221. The molecule has 2 rings (SSSR count). The van der Waals surface area contributed by atoms with Crippen LogP contribution in [0, 0.1) is 15.2 Å². The van der Waals surface area contributed by atoms with Crippen LogP contribution in [-0.4, -0.2) is 7.11 Å². The minimum Gasteiger partial charge on any atom is -0.496 e. The first-order valence-electron chi connectivity index (χ1n) is 5.56. The molecule has 0 saturated carbocycles. The first-order valence-corrected chi connectivity index (χ1v) is 8.34. The number of hydrogen-bond donors (Lipinski definition) is 0. The molecule has 106 valence electrons. The molecular formula is C14H9Br2F2IO. The van der Waals surface area contributed by atoms with Gasteiger partial charge in [0.15, 0.2) is 0 Å². The maximum absolute atomic E-state index is 13.6. The van der Waals surface area contributed by atoms with Crippen LogP contribution in [0.2, 0.25) is 0 Å². The van der Waals surface area contributed by atoms with E-state index in [9.17, 15) is 8.78 Å². The zero-order valence-corrected chi connectivity index (χ0v) is 15.6. The summed E-state index contributed by atoms with van der Waals surface area (Å²) in [6.45, 7) is 0.